The molecular formula is C31H34N4O3S. The fraction of sp³-hybridized carbons (Fsp3) is 0.290. The first-order valence-electron chi connectivity index (χ1n) is 13.2. The smallest absolute Gasteiger partial charge is 0.264 e. The molecule has 0 saturated heterocycles. The first-order chi connectivity index (χ1) is 18.7. The van der Waals surface area contributed by atoms with E-state index < -0.39 is 10.0 Å². The van der Waals surface area contributed by atoms with E-state index in [9.17, 15) is 8.42 Å². The highest BCUT2D eigenvalue weighted by Crippen LogP contribution is 2.33. The number of fused-ring (bicyclic) bond motifs is 4. The molecule has 0 fully saturated rings. The Bertz CT molecular complexity index is 1550. The zero-order valence-electron chi connectivity index (χ0n) is 22.7. The fourth-order valence-electron chi connectivity index (χ4n) is 5.21. The van der Waals surface area contributed by atoms with Crippen LogP contribution in [0, 0.1) is 19.8 Å². The van der Waals surface area contributed by atoms with E-state index >= 15 is 0 Å². The monoisotopic (exact) mass is 542 g/mol. The summed E-state index contributed by atoms with van der Waals surface area (Å²) in [5.41, 5.74) is 5.49. The molecule has 2 heterocycles. The van der Waals surface area contributed by atoms with Gasteiger partial charge in [0.15, 0.2) is 0 Å². The molecule has 1 aliphatic rings. The lowest BCUT2D eigenvalue weighted by Crippen LogP contribution is -2.35. The third kappa shape index (κ3) is 6.06. The Balaban J connectivity index is 1.64. The van der Waals surface area contributed by atoms with Gasteiger partial charge in [0.05, 0.1) is 16.6 Å². The van der Waals surface area contributed by atoms with Crippen molar-refractivity contribution in [3.63, 3.8) is 0 Å². The molecule has 0 aliphatic carbocycles. The SMILES string of the molecule is Cc1cccc(C)c1-c1cc2nc(n1)NS(=O)(=O)c1cccc(c1)NC([C@@H](CC(C)C)c1ccccc1)CO2. The average Bonchev–Trinajstić information content (AvgIpc) is 2.89. The number of aromatic nitrogens is 2. The number of sulfonamides is 1. The molecule has 0 saturated carbocycles. The van der Waals surface area contributed by atoms with Crippen LogP contribution >= 0.6 is 0 Å². The highest BCUT2D eigenvalue weighted by molar-refractivity contribution is 7.92. The average molecular weight is 543 g/mol. The number of hydrogen-bond acceptors (Lipinski definition) is 6. The maximum atomic E-state index is 13.4. The third-order valence-corrected chi connectivity index (χ3v) is 8.34. The molecule has 5 rings (SSSR count). The third-order valence-electron chi connectivity index (χ3n) is 7.01. The number of ether oxygens (including phenoxy) is 1. The quantitative estimate of drug-likeness (QED) is 0.297. The van der Waals surface area contributed by atoms with Crippen molar-refractivity contribution in [2.24, 2.45) is 5.92 Å². The Hall–Kier alpha value is -3.91. The molecule has 0 radical (unpaired) electrons. The Morgan fingerprint density at radius 1 is 0.923 bits per heavy atom. The van der Waals surface area contributed by atoms with Crippen LogP contribution in [0.15, 0.2) is 83.8 Å². The van der Waals surface area contributed by atoms with E-state index in [1.807, 2.05) is 56.3 Å². The molecule has 2 N–H and O–H groups in total. The summed E-state index contributed by atoms with van der Waals surface area (Å²) in [6, 6.07) is 24.9. The van der Waals surface area contributed by atoms with Gasteiger partial charge in [-0.2, -0.15) is 4.98 Å². The Morgan fingerprint density at radius 3 is 2.36 bits per heavy atom. The highest BCUT2D eigenvalue weighted by Gasteiger charge is 2.27. The number of aryl methyl sites for hydroxylation is 2. The molecule has 4 bridgehead atoms. The number of hydrogen-bond donors (Lipinski definition) is 2. The standard InChI is InChI=1S/C31H34N4O3S/c1-20(2)16-26(23-12-6-5-7-13-23)28-19-38-29-18-27(30-21(3)10-8-11-22(30)4)33-31(34-29)35-39(36,37)25-15-9-14-24(17-25)32-28/h5-15,17-18,20,26,28,32H,16,19H2,1-4H3,(H,33,34,35)/t26-,28?/m0/s1. The molecule has 39 heavy (non-hydrogen) atoms. The lowest BCUT2D eigenvalue weighted by molar-refractivity contribution is 0.261. The summed E-state index contributed by atoms with van der Waals surface area (Å²) in [7, 11) is -3.95. The van der Waals surface area contributed by atoms with E-state index in [0.29, 0.717) is 29.8 Å². The summed E-state index contributed by atoms with van der Waals surface area (Å²) < 4.78 is 35.7. The Kier molecular flexibility index (Phi) is 7.57. The second-order valence-electron chi connectivity index (χ2n) is 10.5. The number of benzene rings is 3. The van der Waals surface area contributed by atoms with Crippen molar-refractivity contribution in [3.05, 3.63) is 95.6 Å². The van der Waals surface area contributed by atoms with Crippen molar-refractivity contribution in [1.29, 1.82) is 0 Å². The van der Waals surface area contributed by atoms with Crippen molar-refractivity contribution in [2.45, 2.75) is 51.0 Å². The summed E-state index contributed by atoms with van der Waals surface area (Å²) in [6.07, 6.45) is 0.924. The predicted molar refractivity (Wildman–Crippen MR) is 156 cm³/mol. The van der Waals surface area contributed by atoms with Crippen LogP contribution in [-0.2, 0) is 10.0 Å². The number of nitrogens with one attached hydrogen (secondary N) is 2. The van der Waals surface area contributed by atoms with Gasteiger partial charge in [-0.3, -0.25) is 0 Å². The molecular weight excluding hydrogens is 508 g/mol. The minimum absolute atomic E-state index is 0.0255. The van der Waals surface area contributed by atoms with Gasteiger partial charge in [-0.25, -0.2) is 18.1 Å². The number of anilines is 2. The van der Waals surface area contributed by atoms with Crippen LogP contribution in [0.3, 0.4) is 0 Å². The molecule has 1 aliphatic heterocycles. The van der Waals surface area contributed by atoms with Gasteiger partial charge in [-0.05, 0) is 61.1 Å². The molecule has 202 valence electrons. The predicted octanol–water partition coefficient (Wildman–Crippen LogP) is 6.56. The van der Waals surface area contributed by atoms with Gasteiger partial charge in [-0.15, -0.1) is 0 Å². The topological polar surface area (TPSA) is 93.2 Å². The van der Waals surface area contributed by atoms with Crippen molar-refractivity contribution in [1.82, 2.24) is 9.97 Å². The van der Waals surface area contributed by atoms with Gasteiger partial charge >= 0.3 is 0 Å². The number of rotatable bonds is 5. The van der Waals surface area contributed by atoms with Crippen LogP contribution in [0.25, 0.3) is 11.3 Å². The van der Waals surface area contributed by atoms with Crippen LogP contribution < -0.4 is 14.8 Å². The zero-order chi connectivity index (χ0) is 27.6. The lowest BCUT2D eigenvalue weighted by atomic mass is 9.84. The van der Waals surface area contributed by atoms with Gasteiger partial charge in [0, 0.05) is 23.2 Å². The van der Waals surface area contributed by atoms with Crippen molar-refractivity contribution < 1.29 is 13.2 Å². The summed E-state index contributed by atoms with van der Waals surface area (Å²) in [5.74, 6) is 0.845. The van der Waals surface area contributed by atoms with Crippen LogP contribution in [-0.4, -0.2) is 31.0 Å². The highest BCUT2D eigenvalue weighted by atomic mass is 32.2. The Labute approximate surface area is 230 Å². The summed E-state index contributed by atoms with van der Waals surface area (Å²) >= 11 is 0. The fourth-order valence-corrected chi connectivity index (χ4v) is 6.20. The normalized spacial score (nSPS) is 17.1. The van der Waals surface area contributed by atoms with E-state index in [2.05, 4.69) is 46.0 Å². The second-order valence-corrected chi connectivity index (χ2v) is 12.2. The first-order valence-corrected chi connectivity index (χ1v) is 14.7. The molecule has 1 unspecified atom stereocenters. The largest absolute Gasteiger partial charge is 0.475 e. The minimum atomic E-state index is -3.95. The maximum Gasteiger partial charge on any atom is 0.264 e. The van der Waals surface area contributed by atoms with Gasteiger partial charge < -0.3 is 10.1 Å². The summed E-state index contributed by atoms with van der Waals surface area (Å²) in [6.45, 7) is 8.76. The molecule has 2 atom stereocenters. The van der Waals surface area contributed by atoms with Gasteiger partial charge in [0.2, 0.25) is 11.8 Å². The first kappa shape index (κ1) is 26.7. The van der Waals surface area contributed by atoms with E-state index in [0.717, 1.165) is 23.1 Å². The molecule has 1 aromatic heterocycles. The molecule has 0 spiro atoms. The van der Waals surface area contributed by atoms with Gasteiger partial charge in [0.25, 0.3) is 10.0 Å². The molecule has 8 heteroatoms. The molecule has 4 aromatic rings. The summed E-state index contributed by atoms with van der Waals surface area (Å²) in [5, 5.41) is 3.59. The van der Waals surface area contributed by atoms with Crippen LogP contribution in [0.4, 0.5) is 11.6 Å². The van der Waals surface area contributed by atoms with E-state index in [1.165, 1.54) is 5.56 Å². The van der Waals surface area contributed by atoms with Crippen LogP contribution in [0.5, 0.6) is 5.88 Å². The molecule has 3 aromatic carbocycles. The number of nitrogens with zero attached hydrogens (tertiary/aromatic N) is 2. The lowest BCUT2D eigenvalue weighted by Gasteiger charge is -2.31. The van der Waals surface area contributed by atoms with E-state index in [1.54, 1.807) is 24.3 Å². The Morgan fingerprint density at radius 2 is 1.64 bits per heavy atom. The van der Waals surface area contributed by atoms with E-state index in [4.69, 9.17) is 4.74 Å². The maximum absolute atomic E-state index is 13.4. The molecule has 7 nitrogen and oxygen atoms in total. The van der Waals surface area contributed by atoms with Crippen molar-refractivity contribution in [3.8, 4) is 17.1 Å². The van der Waals surface area contributed by atoms with Gasteiger partial charge in [0.1, 0.15) is 6.61 Å². The van der Waals surface area contributed by atoms with Crippen LogP contribution in [0.2, 0.25) is 0 Å². The van der Waals surface area contributed by atoms with Crippen molar-refractivity contribution in [2.75, 3.05) is 16.6 Å². The van der Waals surface area contributed by atoms with Gasteiger partial charge in [-0.1, -0.05) is 68.4 Å². The minimum Gasteiger partial charge on any atom is -0.475 e. The zero-order valence-corrected chi connectivity index (χ0v) is 23.5. The van der Waals surface area contributed by atoms with E-state index in [-0.39, 0.29) is 22.8 Å². The second kappa shape index (κ2) is 11.1. The summed E-state index contributed by atoms with van der Waals surface area (Å²) in [4.78, 5) is 9.20. The van der Waals surface area contributed by atoms with Crippen molar-refractivity contribution >= 4 is 21.7 Å². The van der Waals surface area contributed by atoms with Crippen LogP contribution in [0.1, 0.15) is 42.9 Å². The molecule has 0 amide bonds.